The summed E-state index contributed by atoms with van der Waals surface area (Å²) in [6, 6.07) is 7.73. The highest BCUT2D eigenvalue weighted by atomic mass is 16.5. The third-order valence-corrected chi connectivity index (χ3v) is 2.86. The van der Waals surface area contributed by atoms with Gasteiger partial charge in [0.25, 0.3) is 0 Å². The fourth-order valence-electron chi connectivity index (χ4n) is 2.02. The summed E-state index contributed by atoms with van der Waals surface area (Å²) in [5, 5.41) is 11.3. The van der Waals surface area contributed by atoms with E-state index in [1.54, 1.807) is 0 Å². The fraction of sp³-hybridized carbons (Fsp3) is 0.529. The molecule has 0 aliphatic rings. The summed E-state index contributed by atoms with van der Waals surface area (Å²) < 4.78 is 5.76. The number of ether oxygens (including phenoxy) is 1. The second-order valence-electron chi connectivity index (χ2n) is 6.42. The number of aliphatic carboxylic acids is 1. The van der Waals surface area contributed by atoms with E-state index < -0.39 is 5.97 Å². The standard InChI is InChI=1S/C17H25NO4/c1-12(18-15(19)9-10-16(20)21)11-13-5-7-14(8-6-13)22-17(2,3)4/h5-8,12H,9-11H2,1-4H3,(H,18,19)(H,20,21). The number of carboxylic acid groups (broad SMARTS) is 1. The number of hydrogen-bond acceptors (Lipinski definition) is 3. The summed E-state index contributed by atoms with van der Waals surface area (Å²) in [5.41, 5.74) is 0.861. The lowest BCUT2D eigenvalue weighted by Gasteiger charge is -2.21. The molecule has 1 aromatic carbocycles. The van der Waals surface area contributed by atoms with Gasteiger partial charge in [-0.3, -0.25) is 9.59 Å². The quantitative estimate of drug-likeness (QED) is 0.812. The van der Waals surface area contributed by atoms with Crippen LogP contribution in [0.15, 0.2) is 24.3 Å². The summed E-state index contributed by atoms with van der Waals surface area (Å²) in [5.74, 6) is -0.380. The number of rotatable bonds is 7. The zero-order chi connectivity index (χ0) is 16.8. The van der Waals surface area contributed by atoms with Crippen LogP contribution in [0, 0.1) is 0 Å². The highest BCUT2D eigenvalue weighted by Crippen LogP contribution is 2.19. The first-order chi connectivity index (χ1) is 10.2. The van der Waals surface area contributed by atoms with Gasteiger partial charge in [-0.05, 0) is 51.8 Å². The van der Waals surface area contributed by atoms with Crippen LogP contribution in [0.3, 0.4) is 0 Å². The Morgan fingerprint density at radius 2 is 1.77 bits per heavy atom. The molecule has 0 fully saturated rings. The largest absolute Gasteiger partial charge is 0.488 e. The Labute approximate surface area is 131 Å². The molecular formula is C17H25NO4. The van der Waals surface area contributed by atoms with Crippen molar-refractivity contribution in [2.45, 2.75) is 58.6 Å². The molecule has 5 heteroatoms. The molecule has 1 rings (SSSR count). The molecule has 1 unspecified atom stereocenters. The number of hydrogen-bond donors (Lipinski definition) is 2. The molecule has 1 amide bonds. The molecular weight excluding hydrogens is 282 g/mol. The summed E-state index contributed by atoms with van der Waals surface area (Å²) in [7, 11) is 0. The van der Waals surface area contributed by atoms with Crippen LogP contribution in [0.5, 0.6) is 5.75 Å². The van der Waals surface area contributed by atoms with Crippen molar-refractivity contribution < 1.29 is 19.4 Å². The van der Waals surface area contributed by atoms with Gasteiger partial charge in [-0.25, -0.2) is 0 Å². The van der Waals surface area contributed by atoms with Crippen molar-refractivity contribution in [3.63, 3.8) is 0 Å². The van der Waals surface area contributed by atoms with Crippen LogP contribution < -0.4 is 10.1 Å². The minimum atomic E-state index is -0.961. The Morgan fingerprint density at radius 1 is 1.18 bits per heavy atom. The summed E-state index contributed by atoms with van der Waals surface area (Å²) in [6.45, 7) is 7.89. The van der Waals surface area contributed by atoms with Gasteiger partial charge in [-0.2, -0.15) is 0 Å². The zero-order valence-electron chi connectivity index (χ0n) is 13.7. The Balaban J connectivity index is 2.46. The normalized spacial score (nSPS) is 12.5. The number of nitrogens with one attached hydrogen (secondary N) is 1. The molecule has 0 saturated heterocycles. The van der Waals surface area contributed by atoms with E-state index in [-0.39, 0.29) is 30.4 Å². The van der Waals surface area contributed by atoms with Crippen LogP contribution in [0.2, 0.25) is 0 Å². The van der Waals surface area contributed by atoms with Gasteiger partial charge in [0.1, 0.15) is 11.4 Å². The minimum Gasteiger partial charge on any atom is -0.488 e. The van der Waals surface area contributed by atoms with E-state index in [1.165, 1.54) is 0 Å². The van der Waals surface area contributed by atoms with E-state index >= 15 is 0 Å². The average Bonchev–Trinajstić information content (AvgIpc) is 2.37. The molecule has 22 heavy (non-hydrogen) atoms. The van der Waals surface area contributed by atoms with Gasteiger partial charge in [0.05, 0.1) is 6.42 Å². The molecule has 0 aromatic heterocycles. The molecule has 0 spiro atoms. The van der Waals surface area contributed by atoms with E-state index in [9.17, 15) is 9.59 Å². The fourth-order valence-corrected chi connectivity index (χ4v) is 2.02. The maximum Gasteiger partial charge on any atom is 0.303 e. The monoisotopic (exact) mass is 307 g/mol. The van der Waals surface area contributed by atoms with Gasteiger partial charge in [0, 0.05) is 12.5 Å². The first-order valence-corrected chi connectivity index (χ1v) is 7.45. The van der Waals surface area contributed by atoms with Crippen molar-refractivity contribution in [3.8, 4) is 5.75 Å². The summed E-state index contributed by atoms with van der Waals surface area (Å²) >= 11 is 0. The van der Waals surface area contributed by atoms with Gasteiger partial charge in [-0.1, -0.05) is 12.1 Å². The maximum absolute atomic E-state index is 11.6. The average molecular weight is 307 g/mol. The van der Waals surface area contributed by atoms with Gasteiger partial charge in [0.15, 0.2) is 0 Å². The second kappa shape index (κ2) is 7.82. The lowest BCUT2D eigenvalue weighted by atomic mass is 10.1. The Kier molecular flexibility index (Phi) is 6.40. The van der Waals surface area contributed by atoms with Crippen molar-refractivity contribution in [3.05, 3.63) is 29.8 Å². The van der Waals surface area contributed by atoms with Crippen LogP contribution in [0.1, 0.15) is 46.1 Å². The predicted octanol–water partition coefficient (Wildman–Crippen LogP) is 2.78. The van der Waals surface area contributed by atoms with Crippen LogP contribution >= 0.6 is 0 Å². The first kappa shape index (κ1) is 18.0. The smallest absolute Gasteiger partial charge is 0.303 e. The molecule has 1 aromatic rings. The third-order valence-electron chi connectivity index (χ3n) is 2.86. The van der Waals surface area contributed by atoms with Crippen LogP contribution in [-0.2, 0) is 16.0 Å². The molecule has 0 bridgehead atoms. The number of amides is 1. The van der Waals surface area contributed by atoms with Crippen molar-refractivity contribution in [2.75, 3.05) is 0 Å². The highest BCUT2D eigenvalue weighted by molar-refractivity contribution is 5.80. The zero-order valence-corrected chi connectivity index (χ0v) is 13.7. The maximum atomic E-state index is 11.6. The van der Waals surface area contributed by atoms with E-state index in [4.69, 9.17) is 9.84 Å². The van der Waals surface area contributed by atoms with Crippen molar-refractivity contribution >= 4 is 11.9 Å². The van der Waals surface area contributed by atoms with Gasteiger partial charge in [0.2, 0.25) is 5.91 Å². The summed E-state index contributed by atoms with van der Waals surface area (Å²) in [4.78, 5) is 22.0. The van der Waals surface area contributed by atoms with E-state index in [0.29, 0.717) is 6.42 Å². The predicted molar refractivity (Wildman–Crippen MR) is 85.0 cm³/mol. The molecule has 0 aliphatic heterocycles. The number of carbonyl (C=O) groups excluding carboxylic acids is 1. The van der Waals surface area contributed by atoms with Crippen molar-refractivity contribution in [2.24, 2.45) is 0 Å². The third kappa shape index (κ3) is 7.67. The number of carbonyl (C=O) groups is 2. The SMILES string of the molecule is CC(Cc1ccc(OC(C)(C)C)cc1)NC(=O)CCC(=O)O. The highest BCUT2D eigenvalue weighted by Gasteiger charge is 2.12. The molecule has 2 N–H and O–H groups in total. The lowest BCUT2D eigenvalue weighted by molar-refractivity contribution is -0.138. The Bertz CT molecular complexity index is 502. The minimum absolute atomic E-state index is 0.0119. The van der Waals surface area contributed by atoms with Crippen LogP contribution in [0.25, 0.3) is 0 Å². The van der Waals surface area contributed by atoms with Crippen LogP contribution in [0.4, 0.5) is 0 Å². The van der Waals surface area contributed by atoms with Gasteiger partial charge >= 0.3 is 5.97 Å². The van der Waals surface area contributed by atoms with E-state index in [2.05, 4.69) is 5.32 Å². The van der Waals surface area contributed by atoms with Gasteiger partial charge < -0.3 is 15.2 Å². The molecule has 0 radical (unpaired) electrons. The Hall–Kier alpha value is -2.04. The first-order valence-electron chi connectivity index (χ1n) is 7.45. The Morgan fingerprint density at radius 3 is 2.27 bits per heavy atom. The van der Waals surface area contributed by atoms with E-state index in [1.807, 2.05) is 52.0 Å². The molecule has 0 saturated carbocycles. The topological polar surface area (TPSA) is 75.6 Å². The summed E-state index contributed by atoms with van der Waals surface area (Å²) in [6.07, 6.45) is 0.560. The van der Waals surface area contributed by atoms with Crippen LogP contribution in [-0.4, -0.2) is 28.6 Å². The molecule has 0 aliphatic carbocycles. The van der Waals surface area contributed by atoms with Crippen molar-refractivity contribution in [1.82, 2.24) is 5.32 Å². The van der Waals surface area contributed by atoms with E-state index in [0.717, 1.165) is 11.3 Å². The molecule has 122 valence electrons. The lowest BCUT2D eigenvalue weighted by Crippen LogP contribution is -2.34. The molecule has 1 atom stereocenters. The number of carboxylic acids is 1. The molecule has 0 heterocycles. The van der Waals surface area contributed by atoms with Gasteiger partial charge in [-0.15, -0.1) is 0 Å². The second-order valence-corrected chi connectivity index (χ2v) is 6.42. The van der Waals surface area contributed by atoms with Crippen molar-refractivity contribution in [1.29, 1.82) is 0 Å². The number of benzene rings is 1. The molecule has 5 nitrogen and oxygen atoms in total.